The Bertz CT molecular complexity index is 312. The Hall–Kier alpha value is -0.960. The molecule has 0 amide bonds. The van der Waals surface area contributed by atoms with Gasteiger partial charge in [0.1, 0.15) is 11.6 Å². The van der Waals surface area contributed by atoms with Gasteiger partial charge < -0.3 is 5.32 Å². The molecule has 1 unspecified atom stereocenters. The van der Waals surface area contributed by atoms with E-state index < -0.39 is 0 Å². The third-order valence-corrected chi connectivity index (χ3v) is 2.46. The van der Waals surface area contributed by atoms with Crippen LogP contribution >= 0.6 is 0 Å². The molecule has 0 saturated heterocycles. The first-order valence-electron chi connectivity index (χ1n) is 5.34. The molecule has 0 aliphatic heterocycles. The van der Waals surface area contributed by atoms with Crippen molar-refractivity contribution in [1.82, 2.24) is 5.32 Å². The monoisotopic (exact) mass is 213 g/mol. The SMILES string of the molecule is CCNC(CC)Cc1cc(F)ccc1F. The number of hydrogen-bond donors (Lipinski definition) is 1. The Morgan fingerprint density at radius 2 is 2.00 bits per heavy atom. The van der Waals surface area contributed by atoms with Crippen molar-refractivity contribution >= 4 is 0 Å². The molecule has 1 nitrogen and oxygen atoms in total. The molecule has 0 radical (unpaired) electrons. The molecular weight excluding hydrogens is 196 g/mol. The van der Waals surface area contributed by atoms with E-state index in [0.717, 1.165) is 19.0 Å². The van der Waals surface area contributed by atoms with Gasteiger partial charge in [-0.25, -0.2) is 8.78 Å². The van der Waals surface area contributed by atoms with Gasteiger partial charge in [0.25, 0.3) is 0 Å². The summed E-state index contributed by atoms with van der Waals surface area (Å²) in [4.78, 5) is 0. The van der Waals surface area contributed by atoms with Gasteiger partial charge in [0.05, 0.1) is 0 Å². The van der Waals surface area contributed by atoms with Gasteiger partial charge in [-0.15, -0.1) is 0 Å². The fraction of sp³-hybridized carbons (Fsp3) is 0.500. The lowest BCUT2D eigenvalue weighted by Gasteiger charge is -2.16. The van der Waals surface area contributed by atoms with Crippen molar-refractivity contribution in [2.24, 2.45) is 0 Å². The molecule has 1 N–H and O–H groups in total. The molecule has 1 aromatic carbocycles. The van der Waals surface area contributed by atoms with Gasteiger partial charge in [-0.1, -0.05) is 13.8 Å². The van der Waals surface area contributed by atoms with Crippen LogP contribution in [-0.2, 0) is 6.42 Å². The van der Waals surface area contributed by atoms with E-state index in [0.29, 0.717) is 12.0 Å². The average molecular weight is 213 g/mol. The summed E-state index contributed by atoms with van der Waals surface area (Å²) in [6, 6.07) is 3.82. The van der Waals surface area contributed by atoms with Gasteiger partial charge in [0.2, 0.25) is 0 Å². The molecule has 0 fully saturated rings. The number of benzene rings is 1. The molecular formula is C12H17F2N. The van der Waals surface area contributed by atoms with Crippen molar-refractivity contribution in [1.29, 1.82) is 0 Å². The fourth-order valence-electron chi connectivity index (χ4n) is 1.61. The summed E-state index contributed by atoms with van der Waals surface area (Å²) in [5, 5.41) is 3.24. The van der Waals surface area contributed by atoms with Crippen LogP contribution in [0.25, 0.3) is 0 Å². The molecule has 0 saturated carbocycles. The summed E-state index contributed by atoms with van der Waals surface area (Å²) < 4.78 is 26.2. The Morgan fingerprint density at radius 1 is 1.27 bits per heavy atom. The Labute approximate surface area is 89.5 Å². The zero-order valence-corrected chi connectivity index (χ0v) is 9.19. The second kappa shape index (κ2) is 5.81. The number of likely N-dealkylation sites (N-methyl/N-ethyl adjacent to an activating group) is 1. The van der Waals surface area contributed by atoms with Crippen molar-refractivity contribution in [3.05, 3.63) is 35.4 Å². The first-order valence-corrected chi connectivity index (χ1v) is 5.34. The minimum Gasteiger partial charge on any atom is -0.314 e. The van der Waals surface area contributed by atoms with Crippen LogP contribution in [-0.4, -0.2) is 12.6 Å². The third kappa shape index (κ3) is 3.59. The smallest absolute Gasteiger partial charge is 0.126 e. The van der Waals surface area contributed by atoms with Crippen molar-refractivity contribution in [3.8, 4) is 0 Å². The van der Waals surface area contributed by atoms with Crippen LogP contribution in [0.3, 0.4) is 0 Å². The van der Waals surface area contributed by atoms with Gasteiger partial charge >= 0.3 is 0 Å². The van der Waals surface area contributed by atoms with Crippen LogP contribution in [0, 0.1) is 11.6 Å². The lowest BCUT2D eigenvalue weighted by molar-refractivity contribution is 0.493. The molecule has 1 atom stereocenters. The molecule has 1 rings (SSSR count). The maximum absolute atomic E-state index is 13.3. The summed E-state index contributed by atoms with van der Waals surface area (Å²) in [6.07, 6.45) is 1.44. The van der Waals surface area contributed by atoms with E-state index in [1.807, 2.05) is 13.8 Å². The fourth-order valence-corrected chi connectivity index (χ4v) is 1.61. The van der Waals surface area contributed by atoms with Crippen LogP contribution in [0.2, 0.25) is 0 Å². The predicted molar refractivity (Wildman–Crippen MR) is 57.8 cm³/mol. The molecule has 15 heavy (non-hydrogen) atoms. The van der Waals surface area contributed by atoms with E-state index >= 15 is 0 Å². The first kappa shape index (κ1) is 12.1. The molecule has 0 aliphatic carbocycles. The standard InChI is InChI=1S/C12H17F2N/c1-3-11(15-4-2)8-9-7-10(13)5-6-12(9)14/h5-7,11,15H,3-4,8H2,1-2H3. The highest BCUT2D eigenvalue weighted by Gasteiger charge is 2.10. The van der Waals surface area contributed by atoms with Gasteiger partial charge in [0, 0.05) is 6.04 Å². The average Bonchev–Trinajstić information content (AvgIpc) is 2.22. The van der Waals surface area contributed by atoms with Crippen molar-refractivity contribution in [2.75, 3.05) is 6.54 Å². The van der Waals surface area contributed by atoms with Gasteiger partial charge in [-0.05, 0) is 43.1 Å². The van der Waals surface area contributed by atoms with Crippen LogP contribution < -0.4 is 5.32 Å². The van der Waals surface area contributed by atoms with Gasteiger partial charge in [-0.3, -0.25) is 0 Å². The highest BCUT2D eigenvalue weighted by molar-refractivity contribution is 5.19. The lowest BCUT2D eigenvalue weighted by Crippen LogP contribution is -2.30. The summed E-state index contributed by atoms with van der Waals surface area (Å²) >= 11 is 0. The Kier molecular flexibility index (Phi) is 4.69. The topological polar surface area (TPSA) is 12.0 Å². The Balaban J connectivity index is 2.73. The number of nitrogens with one attached hydrogen (secondary N) is 1. The quantitative estimate of drug-likeness (QED) is 0.793. The maximum atomic E-state index is 13.3. The number of halogens is 2. The third-order valence-electron chi connectivity index (χ3n) is 2.46. The first-order chi connectivity index (χ1) is 7.17. The molecule has 0 heterocycles. The molecule has 0 aliphatic rings. The molecule has 0 spiro atoms. The van der Waals surface area contributed by atoms with E-state index in [4.69, 9.17) is 0 Å². The molecule has 3 heteroatoms. The lowest BCUT2D eigenvalue weighted by atomic mass is 10.0. The highest BCUT2D eigenvalue weighted by atomic mass is 19.1. The zero-order valence-electron chi connectivity index (χ0n) is 9.19. The second-order valence-corrected chi connectivity index (χ2v) is 3.60. The molecule has 1 aromatic rings. The second-order valence-electron chi connectivity index (χ2n) is 3.60. The van der Waals surface area contributed by atoms with Crippen LogP contribution in [0.4, 0.5) is 8.78 Å². The molecule has 84 valence electrons. The van der Waals surface area contributed by atoms with E-state index in [1.54, 1.807) is 0 Å². The Morgan fingerprint density at radius 3 is 2.60 bits per heavy atom. The minimum atomic E-state index is -0.377. The van der Waals surface area contributed by atoms with Crippen LogP contribution in [0.15, 0.2) is 18.2 Å². The molecule has 0 aromatic heterocycles. The van der Waals surface area contributed by atoms with Gasteiger partial charge in [-0.2, -0.15) is 0 Å². The summed E-state index contributed by atoms with van der Waals surface area (Å²) in [6.45, 7) is 4.88. The minimum absolute atomic E-state index is 0.214. The number of rotatable bonds is 5. The predicted octanol–water partition coefficient (Wildman–Crippen LogP) is 2.90. The van der Waals surface area contributed by atoms with E-state index in [-0.39, 0.29) is 17.7 Å². The highest BCUT2D eigenvalue weighted by Crippen LogP contribution is 2.12. The van der Waals surface area contributed by atoms with Crippen LogP contribution in [0.5, 0.6) is 0 Å². The summed E-state index contributed by atoms with van der Waals surface area (Å²) in [5.74, 6) is -0.703. The zero-order chi connectivity index (χ0) is 11.3. The normalized spacial score (nSPS) is 12.8. The van der Waals surface area contributed by atoms with E-state index in [2.05, 4.69) is 5.32 Å². The molecule has 0 bridgehead atoms. The van der Waals surface area contributed by atoms with Crippen molar-refractivity contribution < 1.29 is 8.78 Å². The van der Waals surface area contributed by atoms with Crippen molar-refractivity contribution in [3.63, 3.8) is 0 Å². The van der Waals surface area contributed by atoms with E-state index in [9.17, 15) is 8.78 Å². The largest absolute Gasteiger partial charge is 0.314 e. The van der Waals surface area contributed by atoms with Gasteiger partial charge in [0.15, 0.2) is 0 Å². The maximum Gasteiger partial charge on any atom is 0.126 e. The summed E-state index contributed by atoms with van der Waals surface area (Å²) in [7, 11) is 0. The number of hydrogen-bond acceptors (Lipinski definition) is 1. The summed E-state index contributed by atoms with van der Waals surface area (Å²) in [5.41, 5.74) is 0.447. The van der Waals surface area contributed by atoms with Crippen molar-refractivity contribution in [2.45, 2.75) is 32.7 Å². The van der Waals surface area contributed by atoms with Crippen LogP contribution in [0.1, 0.15) is 25.8 Å². The van der Waals surface area contributed by atoms with E-state index in [1.165, 1.54) is 12.1 Å².